The van der Waals surface area contributed by atoms with Gasteiger partial charge in [-0.1, -0.05) is 28.4 Å². The Hall–Kier alpha value is -1.79. The number of hydrogen-bond donors (Lipinski definition) is 1. The number of amides is 1. The second-order valence-corrected chi connectivity index (χ2v) is 5.46. The molecule has 0 radical (unpaired) electrons. The van der Waals surface area contributed by atoms with Crippen LogP contribution in [0.1, 0.15) is 18.1 Å². The van der Waals surface area contributed by atoms with Gasteiger partial charge in [-0.25, -0.2) is 0 Å². The molecule has 0 saturated heterocycles. The minimum atomic E-state index is -0.224. The normalized spacial score (nSPS) is 10.5. The van der Waals surface area contributed by atoms with Crippen LogP contribution in [0.3, 0.4) is 0 Å². The van der Waals surface area contributed by atoms with Gasteiger partial charge in [-0.15, -0.1) is 0 Å². The van der Waals surface area contributed by atoms with Gasteiger partial charge in [0.05, 0.1) is 0 Å². The Balaban J connectivity index is 1.65. The number of hydrogen-bond acceptors (Lipinski definition) is 5. The van der Waals surface area contributed by atoms with Crippen LogP contribution in [-0.2, 0) is 11.2 Å². The second kappa shape index (κ2) is 8.00. The highest BCUT2D eigenvalue weighted by Crippen LogP contribution is 2.23. The molecular weight excluding hydrogens is 329 g/mol. The van der Waals surface area contributed by atoms with Gasteiger partial charge in [0.2, 0.25) is 5.89 Å². The molecule has 1 amide bonds. The lowest BCUT2D eigenvalue weighted by molar-refractivity contribution is -0.123. The maximum Gasteiger partial charge on any atom is 0.257 e. The number of carbonyl (C=O) groups excluding carboxylic acids is 1. The third-order valence-electron chi connectivity index (χ3n) is 2.67. The highest BCUT2D eigenvalue weighted by Gasteiger charge is 2.06. The van der Waals surface area contributed by atoms with Crippen LogP contribution < -0.4 is 10.1 Å². The summed E-state index contributed by atoms with van der Waals surface area (Å²) < 4.78 is 10.3. The van der Waals surface area contributed by atoms with Gasteiger partial charge < -0.3 is 14.6 Å². The molecule has 1 aromatic carbocycles. The minimum Gasteiger partial charge on any atom is -0.484 e. The first kappa shape index (κ1) is 16.6. The molecule has 1 N–H and O–H groups in total. The molecule has 0 aliphatic heterocycles. The van der Waals surface area contributed by atoms with Crippen molar-refractivity contribution in [3.05, 3.63) is 40.0 Å². The van der Waals surface area contributed by atoms with E-state index in [4.69, 9.17) is 32.5 Å². The van der Waals surface area contributed by atoms with Gasteiger partial charge >= 0.3 is 0 Å². The van der Waals surface area contributed by atoms with E-state index in [2.05, 4.69) is 15.5 Å². The first-order chi connectivity index (χ1) is 10.5. The lowest BCUT2D eigenvalue weighted by Crippen LogP contribution is -2.29. The van der Waals surface area contributed by atoms with E-state index in [0.29, 0.717) is 46.9 Å². The van der Waals surface area contributed by atoms with Gasteiger partial charge in [-0.2, -0.15) is 4.98 Å². The summed E-state index contributed by atoms with van der Waals surface area (Å²) in [5.74, 6) is 1.40. The Morgan fingerprint density at radius 2 is 2.05 bits per heavy atom. The molecule has 2 rings (SSSR count). The van der Waals surface area contributed by atoms with Crippen LogP contribution >= 0.6 is 23.2 Å². The SMILES string of the molecule is Cc1noc(CCCNC(=O)COc2cc(Cl)cc(Cl)c2)n1. The molecule has 0 unspecified atom stereocenters. The molecule has 0 fully saturated rings. The lowest BCUT2D eigenvalue weighted by atomic mass is 10.3. The van der Waals surface area contributed by atoms with Crippen molar-refractivity contribution in [3.8, 4) is 5.75 Å². The summed E-state index contributed by atoms with van der Waals surface area (Å²) >= 11 is 11.7. The monoisotopic (exact) mass is 343 g/mol. The van der Waals surface area contributed by atoms with Gasteiger partial charge in [0.1, 0.15) is 5.75 Å². The highest BCUT2D eigenvalue weighted by atomic mass is 35.5. The summed E-state index contributed by atoms with van der Waals surface area (Å²) in [6.07, 6.45) is 1.32. The van der Waals surface area contributed by atoms with Crippen molar-refractivity contribution < 1.29 is 14.1 Å². The maximum atomic E-state index is 11.6. The number of carbonyl (C=O) groups is 1. The van der Waals surface area contributed by atoms with Crippen LogP contribution in [0.15, 0.2) is 22.7 Å². The zero-order valence-electron chi connectivity index (χ0n) is 11.9. The van der Waals surface area contributed by atoms with Crippen LogP contribution in [0, 0.1) is 6.92 Å². The van der Waals surface area contributed by atoms with E-state index in [-0.39, 0.29) is 12.5 Å². The van der Waals surface area contributed by atoms with Crippen molar-refractivity contribution in [1.82, 2.24) is 15.5 Å². The molecule has 8 heteroatoms. The van der Waals surface area contributed by atoms with Crippen molar-refractivity contribution in [1.29, 1.82) is 0 Å². The van der Waals surface area contributed by atoms with Gasteiger partial charge in [0, 0.05) is 23.0 Å². The molecule has 0 saturated carbocycles. The van der Waals surface area contributed by atoms with Crippen LogP contribution in [0.2, 0.25) is 10.0 Å². The average molecular weight is 344 g/mol. The molecule has 0 atom stereocenters. The van der Waals surface area contributed by atoms with E-state index < -0.39 is 0 Å². The number of aryl methyl sites for hydroxylation is 2. The summed E-state index contributed by atoms with van der Waals surface area (Å²) in [5.41, 5.74) is 0. The molecule has 2 aromatic rings. The van der Waals surface area contributed by atoms with Crippen molar-refractivity contribution in [3.63, 3.8) is 0 Å². The molecule has 0 bridgehead atoms. The average Bonchev–Trinajstić information content (AvgIpc) is 2.86. The van der Waals surface area contributed by atoms with Gasteiger partial charge in [0.15, 0.2) is 12.4 Å². The van der Waals surface area contributed by atoms with Crippen LogP contribution in [0.5, 0.6) is 5.75 Å². The molecule has 1 heterocycles. The molecule has 0 aliphatic rings. The maximum absolute atomic E-state index is 11.6. The Morgan fingerprint density at radius 1 is 1.32 bits per heavy atom. The fourth-order valence-electron chi connectivity index (χ4n) is 1.72. The Kier molecular flexibility index (Phi) is 6.03. The Bertz CT molecular complexity index is 626. The zero-order chi connectivity index (χ0) is 15.9. The van der Waals surface area contributed by atoms with Crippen LogP contribution in [-0.4, -0.2) is 29.2 Å². The number of benzene rings is 1. The third-order valence-corrected chi connectivity index (χ3v) is 3.10. The largest absolute Gasteiger partial charge is 0.484 e. The van der Waals surface area contributed by atoms with Crippen molar-refractivity contribution in [2.75, 3.05) is 13.2 Å². The molecule has 1 aromatic heterocycles. The van der Waals surface area contributed by atoms with Gasteiger partial charge in [0.25, 0.3) is 5.91 Å². The molecule has 0 spiro atoms. The summed E-state index contributed by atoms with van der Waals surface area (Å²) in [4.78, 5) is 15.7. The Labute approximate surface area is 137 Å². The molecular formula is C14H15Cl2N3O3. The summed E-state index contributed by atoms with van der Waals surface area (Å²) in [7, 11) is 0. The van der Waals surface area contributed by atoms with E-state index in [1.54, 1.807) is 25.1 Å². The summed E-state index contributed by atoms with van der Waals surface area (Å²) in [6.45, 7) is 2.16. The summed E-state index contributed by atoms with van der Waals surface area (Å²) in [5, 5.41) is 7.34. The molecule has 22 heavy (non-hydrogen) atoms. The van der Waals surface area contributed by atoms with E-state index in [0.717, 1.165) is 0 Å². The molecule has 0 aliphatic carbocycles. The topological polar surface area (TPSA) is 77.2 Å². The smallest absolute Gasteiger partial charge is 0.257 e. The van der Waals surface area contributed by atoms with Gasteiger partial charge in [-0.3, -0.25) is 4.79 Å². The highest BCUT2D eigenvalue weighted by molar-refractivity contribution is 6.34. The molecule has 6 nitrogen and oxygen atoms in total. The predicted octanol–water partition coefficient (Wildman–Crippen LogP) is 2.81. The van der Waals surface area contributed by atoms with E-state index in [1.807, 2.05) is 0 Å². The number of nitrogens with zero attached hydrogens (tertiary/aromatic N) is 2. The zero-order valence-corrected chi connectivity index (χ0v) is 13.4. The predicted molar refractivity (Wildman–Crippen MR) is 82.3 cm³/mol. The summed E-state index contributed by atoms with van der Waals surface area (Å²) in [6, 6.07) is 4.78. The second-order valence-electron chi connectivity index (χ2n) is 4.58. The van der Waals surface area contributed by atoms with Gasteiger partial charge in [-0.05, 0) is 31.5 Å². The first-order valence-corrected chi connectivity index (χ1v) is 7.43. The fourth-order valence-corrected chi connectivity index (χ4v) is 2.23. The van der Waals surface area contributed by atoms with E-state index >= 15 is 0 Å². The van der Waals surface area contributed by atoms with Crippen molar-refractivity contribution >= 4 is 29.1 Å². The Morgan fingerprint density at radius 3 is 2.68 bits per heavy atom. The standard InChI is InChI=1S/C14H15Cl2N3O3/c1-9-18-14(22-19-9)3-2-4-17-13(20)8-21-12-6-10(15)5-11(16)7-12/h5-7H,2-4,8H2,1H3,(H,17,20). The fraction of sp³-hybridized carbons (Fsp3) is 0.357. The lowest BCUT2D eigenvalue weighted by Gasteiger charge is -2.07. The number of aromatic nitrogens is 2. The first-order valence-electron chi connectivity index (χ1n) is 6.68. The van der Waals surface area contributed by atoms with Crippen LogP contribution in [0.25, 0.3) is 0 Å². The van der Waals surface area contributed by atoms with E-state index in [1.165, 1.54) is 0 Å². The number of rotatable bonds is 7. The number of halogens is 2. The van der Waals surface area contributed by atoms with Crippen molar-refractivity contribution in [2.24, 2.45) is 0 Å². The quantitative estimate of drug-likeness (QED) is 0.782. The molecule has 118 valence electrons. The van der Waals surface area contributed by atoms with E-state index in [9.17, 15) is 4.79 Å². The van der Waals surface area contributed by atoms with Crippen LogP contribution in [0.4, 0.5) is 0 Å². The number of nitrogens with one attached hydrogen (secondary N) is 1. The third kappa shape index (κ3) is 5.54. The minimum absolute atomic E-state index is 0.101. The number of ether oxygens (including phenoxy) is 1. The van der Waals surface area contributed by atoms with Crippen molar-refractivity contribution in [2.45, 2.75) is 19.8 Å².